The van der Waals surface area contributed by atoms with Gasteiger partial charge in [0.2, 0.25) is 5.91 Å². The molecular formula is C52H103NO4. The number of allylic oxidation sites excluding steroid dienone is 2. The molecule has 0 aromatic heterocycles. The molecule has 0 aliphatic rings. The van der Waals surface area contributed by atoms with Crippen LogP contribution >= 0.6 is 0 Å². The number of hydrogen-bond acceptors (Lipinski definition) is 4. The normalized spacial score (nSPS) is 13.4. The highest BCUT2D eigenvalue weighted by Gasteiger charge is 2.26. The van der Waals surface area contributed by atoms with Crippen molar-refractivity contribution in [1.82, 2.24) is 5.32 Å². The van der Waals surface area contributed by atoms with Gasteiger partial charge in [0.15, 0.2) is 0 Å². The third-order valence-corrected chi connectivity index (χ3v) is 12.4. The van der Waals surface area contributed by atoms with Gasteiger partial charge in [-0.1, -0.05) is 257 Å². The van der Waals surface area contributed by atoms with Crippen LogP contribution in [0.5, 0.6) is 0 Å². The van der Waals surface area contributed by atoms with Crippen LogP contribution in [0.15, 0.2) is 12.2 Å². The summed E-state index contributed by atoms with van der Waals surface area (Å²) in [7, 11) is 0. The van der Waals surface area contributed by atoms with Gasteiger partial charge in [-0.2, -0.15) is 0 Å². The molecule has 57 heavy (non-hydrogen) atoms. The van der Waals surface area contributed by atoms with E-state index in [-0.39, 0.29) is 12.5 Å². The number of aliphatic hydroxyl groups excluding tert-OH is 3. The number of aliphatic hydroxyl groups is 3. The van der Waals surface area contributed by atoms with E-state index in [1.807, 2.05) is 0 Å². The van der Waals surface area contributed by atoms with E-state index in [0.29, 0.717) is 12.8 Å². The van der Waals surface area contributed by atoms with Crippen LogP contribution in [0.2, 0.25) is 0 Å². The van der Waals surface area contributed by atoms with Crippen molar-refractivity contribution >= 4 is 5.91 Å². The molecule has 5 heteroatoms. The molecule has 0 radical (unpaired) electrons. The Balaban J connectivity index is 3.44. The Labute approximate surface area is 357 Å². The van der Waals surface area contributed by atoms with Gasteiger partial charge in [-0.25, -0.2) is 0 Å². The third-order valence-electron chi connectivity index (χ3n) is 12.4. The summed E-state index contributed by atoms with van der Waals surface area (Å²) in [5, 5.41) is 33.5. The van der Waals surface area contributed by atoms with Gasteiger partial charge in [-0.15, -0.1) is 0 Å². The highest BCUT2D eigenvalue weighted by Crippen LogP contribution is 2.18. The Morgan fingerprint density at radius 1 is 0.421 bits per heavy atom. The highest BCUT2D eigenvalue weighted by atomic mass is 16.3. The Bertz CT molecular complexity index is 803. The molecule has 0 aromatic rings. The van der Waals surface area contributed by atoms with Crippen molar-refractivity contribution in [1.29, 1.82) is 0 Å². The maximum Gasteiger partial charge on any atom is 0.220 e. The second kappa shape index (κ2) is 47.8. The number of amides is 1. The Morgan fingerprint density at radius 3 is 1.02 bits per heavy atom. The van der Waals surface area contributed by atoms with Gasteiger partial charge in [0.25, 0.3) is 0 Å². The largest absolute Gasteiger partial charge is 0.394 e. The van der Waals surface area contributed by atoms with Crippen LogP contribution in [0.25, 0.3) is 0 Å². The molecule has 0 saturated carbocycles. The first kappa shape index (κ1) is 56.1. The molecule has 0 bridgehead atoms. The van der Waals surface area contributed by atoms with Crippen molar-refractivity contribution in [2.75, 3.05) is 6.61 Å². The summed E-state index contributed by atoms with van der Waals surface area (Å²) >= 11 is 0. The fraction of sp³-hybridized carbons (Fsp3) is 0.942. The highest BCUT2D eigenvalue weighted by molar-refractivity contribution is 5.76. The number of unbranched alkanes of at least 4 members (excludes halogenated alkanes) is 38. The summed E-state index contributed by atoms with van der Waals surface area (Å²) < 4.78 is 0. The van der Waals surface area contributed by atoms with Crippen molar-refractivity contribution in [2.45, 2.75) is 308 Å². The maximum absolute atomic E-state index is 12.4. The van der Waals surface area contributed by atoms with Gasteiger partial charge >= 0.3 is 0 Å². The first-order chi connectivity index (χ1) is 28.1. The molecule has 0 aliphatic heterocycles. The van der Waals surface area contributed by atoms with Crippen molar-refractivity contribution in [2.24, 2.45) is 0 Å². The molecule has 1 amide bonds. The summed E-state index contributed by atoms with van der Waals surface area (Å²) in [4.78, 5) is 12.4. The van der Waals surface area contributed by atoms with Crippen LogP contribution in [0.4, 0.5) is 0 Å². The predicted molar refractivity (Wildman–Crippen MR) is 250 cm³/mol. The third kappa shape index (κ3) is 43.0. The topological polar surface area (TPSA) is 89.8 Å². The fourth-order valence-corrected chi connectivity index (χ4v) is 8.34. The minimum Gasteiger partial charge on any atom is -0.394 e. The van der Waals surface area contributed by atoms with E-state index in [4.69, 9.17) is 0 Å². The molecule has 0 fully saturated rings. The van der Waals surface area contributed by atoms with E-state index in [1.54, 1.807) is 0 Å². The minimum atomic E-state index is -1.15. The van der Waals surface area contributed by atoms with Crippen molar-refractivity contribution in [3.05, 3.63) is 12.2 Å². The zero-order chi connectivity index (χ0) is 41.5. The first-order valence-electron chi connectivity index (χ1n) is 26.0. The molecule has 340 valence electrons. The first-order valence-corrected chi connectivity index (χ1v) is 26.0. The van der Waals surface area contributed by atoms with Crippen molar-refractivity contribution < 1.29 is 20.1 Å². The Morgan fingerprint density at radius 2 is 0.702 bits per heavy atom. The Hall–Kier alpha value is -0.910. The molecule has 3 unspecified atom stereocenters. The quantitative estimate of drug-likeness (QED) is 0.0364. The standard InChI is InChI=1S/C52H103NO4/c1-3-5-7-9-11-13-15-16-17-18-19-20-21-22-23-24-25-26-27-28-29-30-31-32-33-34-35-37-39-41-43-45-47-51(56)53-49(48-54)52(57)50(55)46-44-42-40-38-36-14-12-10-8-6-4-2/h38,40,49-50,52,54-55,57H,3-37,39,41-48H2,1-2H3,(H,53,56)/b40-38+. The van der Waals surface area contributed by atoms with Gasteiger partial charge in [0.1, 0.15) is 6.10 Å². The van der Waals surface area contributed by atoms with Crippen LogP contribution in [-0.4, -0.2) is 46.1 Å². The lowest BCUT2D eigenvalue weighted by Crippen LogP contribution is -2.50. The van der Waals surface area contributed by atoms with E-state index < -0.39 is 18.2 Å². The van der Waals surface area contributed by atoms with E-state index in [9.17, 15) is 20.1 Å². The molecular weight excluding hydrogens is 703 g/mol. The van der Waals surface area contributed by atoms with Gasteiger partial charge in [-0.3, -0.25) is 4.79 Å². The number of hydrogen-bond donors (Lipinski definition) is 4. The Kier molecular flexibility index (Phi) is 47.0. The monoisotopic (exact) mass is 806 g/mol. The van der Waals surface area contributed by atoms with Gasteiger partial charge in [0.05, 0.1) is 18.8 Å². The van der Waals surface area contributed by atoms with Crippen LogP contribution in [0, 0.1) is 0 Å². The van der Waals surface area contributed by atoms with E-state index in [0.717, 1.165) is 38.5 Å². The zero-order valence-corrected chi connectivity index (χ0v) is 38.7. The molecule has 0 spiro atoms. The summed E-state index contributed by atoms with van der Waals surface area (Å²) in [5.74, 6) is -0.150. The summed E-state index contributed by atoms with van der Waals surface area (Å²) in [6, 6.07) is -0.820. The summed E-state index contributed by atoms with van der Waals surface area (Å²) in [5.41, 5.74) is 0. The number of carbonyl (C=O) groups is 1. The minimum absolute atomic E-state index is 0.150. The molecule has 0 aliphatic carbocycles. The van der Waals surface area contributed by atoms with E-state index in [1.165, 1.54) is 225 Å². The van der Waals surface area contributed by atoms with Gasteiger partial charge in [-0.05, 0) is 38.5 Å². The number of carbonyl (C=O) groups excluding carboxylic acids is 1. The van der Waals surface area contributed by atoms with Crippen LogP contribution < -0.4 is 5.32 Å². The van der Waals surface area contributed by atoms with E-state index in [2.05, 4.69) is 31.3 Å². The van der Waals surface area contributed by atoms with Crippen molar-refractivity contribution in [3.63, 3.8) is 0 Å². The molecule has 0 heterocycles. The second-order valence-corrected chi connectivity index (χ2v) is 18.1. The zero-order valence-electron chi connectivity index (χ0n) is 38.7. The van der Waals surface area contributed by atoms with E-state index >= 15 is 0 Å². The van der Waals surface area contributed by atoms with Crippen LogP contribution in [-0.2, 0) is 4.79 Å². The second-order valence-electron chi connectivity index (χ2n) is 18.1. The molecule has 5 nitrogen and oxygen atoms in total. The molecule has 0 aromatic carbocycles. The lowest BCUT2D eigenvalue weighted by atomic mass is 10.0. The average molecular weight is 806 g/mol. The predicted octanol–water partition coefficient (Wildman–Crippen LogP) is 15.6. The van der Waals surface area contributed by atoms with Gasteiger partial charge < -0.3 is 20.6 Å². The summed E-state index contributed by atoms with van der Waals surface area (Å²) in [6.07, 6.45) is 58.1. The molecule has 3 atom stereocenters. The number of nitrogens with one attached hydrogen (secondary N) is 1. The maximum atomic E-state index is 12.4. The SMILES string of the molecule is CCCCCCCC/C=C/CCCC(O)C(O)C(CO)NC(=O)CCCCCCCCCCCCCCCCCCCCCCCCCCCCCCCCCC. The number of rotatable bonds is 48. The van der Waals surface area contributed by atoms with Crippen molar-refractivity contribution in [3.8, 4) is 0 Å². The lowest BCUT2D eigenvalue weighted by molar-refractivity contribution is -0.124. The van der Waals surface area contributed by atoms with Gasteiger partial charge in [0, 0.05) is 6.42 Å². The van der Waals surface area contributed by atoms with Crippen LogP contribution in [0.3, 0.4) is 0 Å². The lowest BCUT2D eigenvalue weighted by Gasteiger charge is -2.26. The molecule has 4 N–H and O–H groups in total. The average Bonchev–Trinajstić information content (AvgIpc) is 3.22. The smallest absolute Gasteiger partial charge is 0.220 e. The fourth-order valence-electron chi connectivity index (χ4n) is 8.34. The summed E-state index contributed by atoms with van der Waals surface area (Å²) in [6.45, 7) is 4.17. The molecule has 0 saturated heterocycles. The van der Waals surface area contributed by atoms with Crippen LogP contribution in [0.1, 0.15) is 290 Å². The molecule has 0 rings (SSSR count).